The first-order valence-electron chi connectivity index (χ1n) is 7.97. The molecule has 5 nitrogen and oxygen atoms in total. The first-order valence-corrected chi connectivity index (χ1v) is 7.97. The number of hydrogen-bond donors (Lipinski definition) is 2. The van der Waals surface area contributed by atoms with Gasteiger partial charge >= 0.3 is 0 Å². The van der Waals surface area contributed by atoms with E-state index in [1.807, 2.05) is 0 Å². The Hall–Kier alpha value is -1.36. The molecule has 2 aliphatic heterocycles. The lowest BCUT2D eigenvalue weighted by Gasteiger charge is -2.31. The molecule has 2 rings (SSSR count). The first-order chi connectivity index (χ1) is 10.0. The van der Waals surface area contributed by atoms with Crippen LogP contribution in [-0.4, -0.2) is 48.9 Å². The van der Waals surface area contributed by atoms with Gasteiger partial charge in [-0.05, 0) is 52.1 Å². The molecular formula is C16H27N3O2. The average molecular weight is 293 g/mol. The quantitative estimate of drug-likeness (QED) is 0.745. The molecule has 0 aromatic rings. The third-order valence-electron chi connectivity index (χ3n) is 4.34. The van der Waals surface area contributed by atoms with Crippen LogP contribution in [0.1, 0.15) is 39.5 Å². The normalized spacial score (nSPS) is 23.7. The Kier molecular flexibility index (Phi) is 5.79. The summed E-state index contributed by atoms with van der Waals surface area (Å²) in [6.45, 7) is 8.24. The van der Waals surface area contributed by atoms with Gasteiger partial charge in [-0.3, -0.25) is 14.5 Å². The summed E-state index contributed by atoms with van der Waals surface area (Å²) < 4.78 is 0. The summed E-state index contributed by atoms with van der Waals surface area (Å²) in [6.07, 6.45) is 5.64. The molecule has 0 aliphatic carbocycles. The third-order valence-corrected chi connectivity index (χ3v) is 4.34. The molecule has 2 aliphatic rings. The molecule has 5 heteroatoms. The fourth-order valence-corrected chi connectivity index (χ4v) is 2.86. The van der Waals surface area contributed by atoms with Crippen molar-refractivity contribution in [2.45, 2.75) is 45.6 Å². The smallest absolute Gasteiger partial charge is 0.242 e. The first kappa shape index (κ1) is 16.0. The van der Waals surface area contributed by atoms with Crippen LogP contribution in [0.4, 0.5) is 0 Å². The van der Waals surface area contributed by atoms with Gasteiger partial charge in [0.1, 0.15) is 6.04 Å². The fourth-order valence-electron chi connectivity index (χ4n) is 2.86. The van der Waals surface area contributed by atoms with E-state index in [4.69, 9.17) is 0 Å². The number of nitrogens with one attached hydrogen (secondary N) is 2. The van der Waals surface area contributed by atoms with Gasteiger partial charge < -0.3 is 10.6 Å². The van der Waals surface area contributed by atoms with Crippen molar-refractivity contribution in [1.82, 2.24) is 15.5 Å². The number of allylic oxidation sites excluding steroid dienone is 1. The van der Waals surface area contributed by atoms with Crippen molar-refractivity contribution in [2.75, 3.05) is 26.2 Å². The molecular weight excluding hydrogens is 266 g/mol. The molecule has 1 atom stereocenters. The zero-order valence-corrected chi connectivity index (χ0v) is 13.2. The molecule has 1 unspecified atom stereocenters. The molecule has 118 valence electrons. The Morgan fingerprint density at radius 2 is 2.05 bits per heavy atom. The second-order valence-electron chi connectivity index (χ2n) is 6.43. The molecule has 2 saturated heterocycles. The van der Waals surface area contributed by atoms with E-state index in [0.29, 0.717) is 18.8 Å². The Bertz CT molecular complexity index is 408. The summed E-state index contributed by atoms with van der Waals surface area (Å²) >= 11 is 0. The standard InChI is InChI=1S/C16H27N3O2/c1-12(2)5-8-19-9-6-13(7-10-19)11-17-16(21)14-3-4-15(20)18-14/h5,13-14H,3-4,6-11H2,1-2H3,(H,17,21)(H,18,20). The summed E-state index contributed by atoms with van der Waals surface area (Å²) in [5.74, 6) is 0.532. The summed E-state index contributed by atoms with van der Waals surface area (Å²) in [7, 11) is 0. The van der Waals surface area contributed by atoms with Crippen LogP contribution in [0.5, 0.6) is 0 Å². The number of likely N-dealkylation sites (tertiary alicyclic amines) is 1. The summed E-state index contributed by atoms with van der Waals surface area (Å²) in [6, 6.07) is -0.310. The molecule has 21 heavy (non-hydrogen) atoms. The van der Waals surface area contributed by atoms with E-state index in [-0.39, 0.29) is 17.9 Å². The molecule has 0 saturated carbocycles. The van der Waals surface area contributed by atoms with E-state index in [1.54, 1.807) is 0 Å². The highest BCUT2D eigenvalue weighted by molar-refractivity contribution is 5.90. The van der Waals surface area contributed by atoms with E-state index in [1.165, 1.54) is 5.57 Å². The number of rotatable bonds is 5. The van der Waals surface area contributed by atoms with Gasteiger partial charge in [-0.25, -0.2) is 0 Å². The largest absolute Gasteiger partial charge is 0.354 e. The van der Waals surface area contributed by atoms with Gasteiger partial charge in [0.25, 0.3) is 0 Å². The summed E-state index contributed by atoms with van der Waals surface area (Å²) in [5, 5.41) is 5.71. The zero-order valence-electron chi connectivity index (χ0n) is 13.2. The number of nitrogens with zero attached hydrogens (tertiary/aromatic N) is 1. The molecule has 2 amide bonds. The van der Waals surface area contributed by atoms with Crippen LogP contribution in [0, 0.1) is 5.92 Å². The van der Waals surface area contributed by atoms with Gasteiger partial charge in [0.05, 0.1) is 0 Å². The van der Waals surface area contributed by atoms with Crippen molar-refractivity contribution < 1.29 is 9.59 Å². The van der Waals surface area contributed by atoms with Crippen molar-refractivity contribution in [1.29, 1.82) is 0 Å². The molecule has 2 N–H and O–H groups in total. The average Bonchev–Trinajstić information content (AvgIpc) is 2.90. The minimum atomic E-state index is -0.310. The molecule has 0 aromatic carbocycles. The number of piperidine rings is 1. The Morgan fingerprint density at radius 1 is 1.33 bits per heavy atom. The van der Waals surface area contributed by atoms with Gasteiger partial charge in [-0.15, -0.1) is 0 Å². The highest BCUT2D eigenvalue weighted by Crippen LogP contribution is 2.16. The maximum Gasteiger partial charge on any atom is 0.242 e. The van der Waals surface area contributed by atoms with Crippen molar-refractivity contribution in [3.63, 3.8) is 0 Å². The Balaban J connectivity index is 1.63. The highest BCUT2D eigenvalue weighted by atomic mass is 16.2. The maximum atomic E-state index is 11.9. The minimum absolute atomic E-state index is 0.0114. The Labute approximate surface area is 127 Å². The highest BCUT2D eigenvalue weighted by Gasteiger charge is 2.27. The number of hydrogen-bond acceptors (Lipinski definition) is 3. The lowest BCUT2D eigenvalue weighted by molar-refractivity contribution is -0.125. The van der Waals surface area contributed by atoms with Crippen molar-refractivity contribution >= 4 is 11.8 Å². The fraction of sp³-hybridized carbons (Fsp3) is 0.750. The van der Waals surface area contributed by atoms with Gasteiger partial charge in [0.15, 0.2) is 0 Å². The minimum Gasteiger partial charge on any atom is -0.354 e. The van der Waals surface area contributed by atoms with E-state index < -0.39 is 0 Å². The van der Waals surface area contributed by atoms with Crippen LogP contribution in [0.15, 0.2) is 11.6 Å². The molecule has 0 bridgehead atoms. The third kappa shape index (κ3) is 5.16. The lowest BCUT2D eigenvalue weighted by atomic mass is 9.96. The predicted molar refractivity (Wildman–Crippen MR) is 82.8 cm³/mol. The SMILES string of the molecule is CC(C)=CCN1CCC(CNC(=O)C2CCC(=O)N2)CC1. The Morgan fingerprint density at radius 3 is 2.62 bits per heavy atom. The molecule has 0 spiro atoms. The van der Waals surface area contributed by atoms with Gasteiger partial charge in [-0.2, -0.15) is 0 Å². The van der Waals surface area contributed by atoms with E-state index >= 15 is 0 Å². The summed E-state index contributed by atoms with van der Waals surface area (Å²) in [5.41, 5.74) is 1.36. The second-order valence-corrected chi connectivity index (χ2v) is 6.43. The monoisotopic (exact) mass is 293 g/mol. The topological polar surface area (TPSA) is 61.4 Å². The van der Waals surface area contributed by atoms with E-state index in [0.717, 1.165) is 39.0 Å². The van der Waals surface area contributed by atoms with Gasteiger partial charge in [-0.1, -0.05) is 11.6 Å². The number of amides is 2. The number of carbonyl (C=O) groups excluding carboxylic acids is 2. The molecule has 2 heterocycles. The van der Waals surface area contributed by atoms with Crippen molar-refractivity contribution in [2.24, 2.45) is 5.92 Å². The van der Waals surface area contributed by atoms with Crippen LogP contribution in [0.25, 0.3) is 0 Å². The van der Waals surface area contributed by atoms with Gasteiger partial charge in [0.2, 0.25) is 11.8 Å². The predicted octanol–water partition coefficient (Wildman–Crippen LogP) is 1.06. The van der Waals surface area contributed by atoms with Crippen molar-refractivity contribution in [3.8, 4) is 0 Å². The zero-order chi connectivity index (χ0) is 15.2. The number of carbonyl (C=O) groups is 2. The lowest BCUT2D eigenvalue weighted by Crippen LogP contribution is -2.44. The molecule has 0 aromatic heterocycles. The van der Waals surface area contributed by atoms with E-state index in [2.05, 4.69) is 35.5 Å². The second kappa shape index (κ2) is 7.59. The van der Waals surface area contributed by atoms with Crippen LogP contribution in [-0.2, 0) is 9.59 Å². The molecule has 2 fully saturated rings. The van der Waals surface area contributed by atoms with Crippen molar-refractivity contribution in [3.05, 3.63) is 11.6 Å². The van der Waals surface area contributed by atoms with E-state index in [9.17, 15) is 9.59 Å². The van der Waals surface area contributed by atoms with Crippen LogP contribution in [0.2, 0.25) is 0 Å². The summed E-state index contributed by atoms with van der Waals surface area (Å²) in [4.78, 5) is 25.5. The molecule has 0 radical (unpaired) electrons. The van der Waals surface area contributed by atoms with Gasteiger partial charge in [0, 0.05) is 19.5 Å². The van der Waals surface area contributed by atoms with Crippen LogP contribution in [0.3, 0.4) is 0 Å². The maximum absolute atomic E-state index is 11.9. The van der Waals surface area contributed by atoms with Crippen LogP contribution >= 0.6 is 0 Å². The van der Waals surface area contributed by atoms with Crippen LogP contribution < -0.4 is 10.6 Å².